The van der Waals surface area contributed by atoms with Crippen molar-refractivity contribution >= 4 is 21.6 Å². The van der Waals surface area contributed by atoms with Crippen molar-refractivity contribution in [1.29, 1.82) is 0 Å². The first-order valence-electron chi connectivity index (χ1n) is 7.17. The Morgan fingerprint density at radius 2 is 2.09 bits per heavy atom. The van der Waals surface area contributed by atoms with Crippen LogP contribution in [0.5, 0.6) is 0 Å². The molecule has 1 amide bonds. The maximum Gasteiger partial charge on any atom is 0.240 e. The molecular weight excluding hydrogens is 306 g/mol. The Hall–Kier alpha value is -1.48. The molecule has 3 N–H and O–H groups in total. The van der Waals surface area contributed by atoms with E-state index in [0.29, 0.717) is 25.3 Å². The van der Waals surface area contributed by atoms with Crippen LogP contribution in [0.3, 0.4) is 0 Å². The molecular formula is C14H21N3O4S. The van der Waals surface area contributed by atoms with E-state index in [0.717, 1.165) is 13.1 Å². The summed E-state index contributed by atoms with van der Waals surface area (Å²) in [6.07, 6.45) is 0.662. The van der Waals surface area contributed by atoms with E-state index >= 15 is 0 Å². The SMILES string of the molecule is CC(=O)Nc1ccc(S(=O)(=O)NCCC2CNCCO2)cc1. The second-order valence-electron chi connectivity index (χ2n) is 5.09. The molecule has 8 heteroatoms. The van der Waals surface area contributed by atoms with Gasteiger partial charge in [-0.15, -0.1) is 0 Å². The predicted molar refractivity (Wildman–Crippen MR) is 83.2 cm³/mol. The molecule has 0 radical (unpaired) electrons. The van der Waals surface area contributed by atoms with Gasteiger partial charge in [0.2, 0.25) is 15.9 Å². The third-order valence-electron chi connectivity index (χ3n) is 3.25. The van der Waals surface area contributed by atoms with E-state index in [-0.39, 0.29) is 16.9 Å². The molecule has 7 nitrogen and oxygen atoms in total. The Bertz CT molecular complexity index is 595. The first-order valence-corrected chi connectivity index (χ1v) is 8.65. The smallest absolute Gasteiger partial charge is 0.240 e. The van der Waals surface area contributed by atoms with Crippen molar-refractivity contribution in [3.8, 4) is 0 Å². The van der Waals surface area contributed by atoms with Gasteiger partial charge < -0.3 is 15.4 Å². The maximum absolute atomic E-state index is 12.2. The fourth-order valence-corrected chi connectivity index (χ4v) is 3.21. The average Bonchev–Trinajstić information content (AvgIpc) is 2.48. The topological polar surface area (TPSA) is 96.5 Å². The lowest BCUT2D eigenvalue weighted by Crippen LogP contribution is -2.40. The number of hydrogen-bond acceptors (Lipinski definition) is 5. The summed E-state index contributed by atoms with van der Waals surface area (Å²) < 4.78 is 32.4. The number of rotatable bonds is 6. The van der Waals surface area contributed by atoms with Gasteiger partial charge in [0.25, 0.3) is 0 Å². The molecule has 1 atom stereocenters. The zero-order valence-corrected chi connectivity index (χ0v) is 13.3. The Kier molecular flexibility index (Phi) is 5.90. The van der Waals surface area contributed by atoms with Crippen LogP contribution in [-0.4, -0.2) is 46.7 Å². The lowest BCUT2D eigenvalue weighted by molar-refractivity contribution is -0.114. The predicted octanol–water partition coefficient (Wildman–Crippen LogP) is 0.302. The summed E-state index contributed by atoms with van der Waals surface area (Å²) in [5.74, 6) is -0.199. The van der Waals surface area contributed by atoms with Crippen LogP contribution in [0.15, 0.2) is 29.2 Å². The quantitative estimate of drug-likeness (QED) is 0.698. The number of anilines is 1. The molecule has 0 aromatic heterocycles. The van der Waals surface area contributed by atoms with Crippen molar-refractivity contribution in [3.05, 3.63) is 24.3 Å². The Labute approximate surface area is 130 Å². The van der Waals surface area contributed by atoms with E-state index in [1.807, 2.05) is 0 Å². The lowest BCUT2D eigenvalue weighted by Gasteiger charge is -2.23. The molecule has 1 aromatic rings. The number of ether oxygens (including phenoxy) is 1. The Morgan fingerprint density at radius 1 is 1.36 bits per heavy atom. The highest BCUT2D eigenvalue weighted by atomic mass is 32.2. The molecule has 1 aliphatic heterocycles. The maximum atomic E-state index is 12.2. The molecule has 1 heterocycles. The van der Waals surface area contributed by atoms with Gasteiger partial charge in [-0.2, -0.15) is 0 Å². The summed E-state index contributed by atoms with van der Waals surface area (Å²) in [6, 6.07) is 6.05. The van der Waals surface area contributed by atoms with Crippen LogP contribution in [0.2, 0.25) is 0 Å². The molecule has 2 rings (SSSR count). The highest BCUT2D eigenvalue weighted by molar-refractivity contribution is 7.89. The summed E-state index contributed by atoms with van der Waals surface area (Å²) in [6.45, 7) is 3.95. The third-order valence-corrected chi connectivity index (χ3v) is 4.72. The highest BCUT2D eigenvalue weighted by Crippen LogP contribution is 2.14. The van der Waals surface area contributed by atoms with Crippen molar-refractivity contribution in [3.63, 3.8) is 0 Å². The average molecular weight is 327 g/mol. The van der Waals surface area contributed by atoms with Gasteiger partial charge in [0.05, 0.1) is 17.6 Å². The number of hydrogen-bond donors (Lipinski definition) is 3. The van der Waals surface area contributed by atoms with E-state index in [4.69, 9.17) is 4.74 Å². The number of morpholine rings is 1. The van der Waals surface area contributed by atoms with Crippen molar-refractivity contribution in [2.24, 2.45) is 0 Å². The van der Waals surface area contributed by atoms with Crippen molar-refractivity contribution in [2.45, 2.75) is 24.3 Å². The molecule has 0 saturated carbocycles. The molecule has 0 aliphatic carbocycles. The van der Waals surface area contributed by atoms with Gasteiger partial charge in [0.1, 0.15) is 0 Å². The molecule has 0 spiro atoms. The fourth-order valence-electron chi connectivity index (χ4n) is 2.16. The minimum atomic E-state index is -3.54. The zero-order chi connectivity index (χ0) is 16.0. The van der Waals surface area contributed by atoms with Gasteiger partial charge >= 0.3 is 0 Å². The van der Waals surface area contributed by atoms with Crippen LogP contribution in [0.4, 0.5) is 5.69 Å². The van der Waals surface area contributed by atoms with Crippen LogP contribution in [0.25, 0.3) is 0 Å². The normalized spacial score (nSPS) is 18.9. The molecule has 22 heavy (non-hydrogen) atoms. The second kappa shape index (κ2) is 7.68. The number of sulfonamides is 1. The molecule has 1 unspecified atom stereocenters. The van der Waals surface area contributed by atoms with Crippen molar-refractivity contribution < 1.29 is 17.9 Å². The van der Waals surface area contributed by atoms with Gasteiger partial charge in [-0.05, 0) is 30.7 Å². The second-order valence-corrected chi connectivity index (χ2v) is 6.86. The van der Waals surface area contributed by atoms with E-state index in [2.05, 4.69) is 15.4 Å². The zero-order valence-electron chi connectivity index (χ0n) is 12.5. The van der Waals surface area contributed by atoms with Crippen LogP contribution in [-0.2, 0) is 19.6 Å². The molecule has 1 fully saturated rings. The van der Waals surface area contributed by atoms with Crippen LogP contribution < -0.4 is 15.4 Å². The van der Waals surface area contributed by atoms with E-state index in [1.54, 1.807) is 12.1 Å². The number of carbonyl (C=O) groups is 1. The Balaban J connectivity index is 1.87. The third kappa shape index (κ3) is 5.06. The molecule has 1 aromatic carbocycles. The van der Waals surface area contributed by atoms with Gasteiger partial charge in [-0.25, -0.2) is 13.1 Å². The first-order chi connectivity index (χ1) is 10.5. The fraction of sp³-hybridized carbons (Fsp3) is 0.500. The molecule has 122 valence electrons. The van der Waals surface area contributed by atoms with E-state index in [9.17, 15) is 13.2 Å². The number of benzene rings is 1. The number of amides is 1. The largest absolute Gasteiger partial charge is 0.376 e. The van der Waals surface area contributed by atoms with Crippen LogP contribution in [0.1, 0.15) is 13.3 Å². The number of carbonyl (C=O) groups excluding carboxylic acids is 1. The summed E-state index contributed by atoms with van der Waals surface area (Å²) in [7, 11) is -3.54. The molecule has 1 saturated heterocycles. The summed E-state index contributed by atoms with van der Waals surface area (Å²) in [4.78, 5) is 11.1. The summed E-state index contributed by atoms with van der Waals surface area (Å²) >= 11 is 0. The number of nitrogens with one attached hydrogen (secondary N) is 3. The monoisotopic (exact) mass is 327 g/mol. The minimum absolute atomic E-state index is 0.0404. The summed E-state index contributed by atoms with van der Waals surface area (Å²) in [5, 5.41) is 5.79. The van der Waals surface area contributed by atoms with E-state index in [1.165, 1.54) is 19.1 Å². The standard InChI is InChI=1S/C14H21N3O4S/c1-11(18)17-12-2-4-14(5-3-12)22(19,20)16-7-6-13-10-15-8-9-21-13/h2-5,13,15-16H,6-10H2,1H3,(H,17,18). The summed E-state index contributed by atoms with van der Waals surface area (Å²) in [5.41, 5.74) is 0.563. The van der Waals surface area contributed by atoms with Crippen LogP contribution >= 0.6 is 0 Å². The van der Waals surface area contributed by atoms with Crippen molar-refractivity contribution in [1.82, 2.24) is 10.0 Å². The van der Waals surface area contributed by atoms with E-state index < -0.39 is 10.0 Å². The highest BCUT2D eigenvalue weighted by Gasteiger charge is 2.17. The first kappa shape index (κ1) is 16.9. The molecule has 0 bridgehead atoms. The van der Waals surface area contributed by atoms with Gasteiger partial charge in [-0.1, -0.05) is 0 Å². The lowest BCUT2D eigenvalue weighted by atomic mass is 10.2. The van der Waals surface area contributed by atoms with Gasteiger partial charge in [0.15, 0.2) is 0 Å². The minimum Gasteiger partial charge on any atom is -0.376 e. The molecule has 1 aliphatic rings. The van der Waals surface area contributed by atoms with Gasteiger partial charge in [-0.3, -0.25) is 4.79 Å². The Morgan fingerprint density at radius 3 is 2.68 bits per heavy atom. The van der Waals surface area contributed by atoms with Crippen LogP contribution in [0, 0.1) is 0 Å². The van der Waals surface area contributed by atoms with Gasteiger partial charge in [0, 0.05) is 32.2 Å². The van der Waals surface area contributed by atoms with Crippen molar-refractivity contribution in [2.75, 3.05) is 31.6 Å².